The summed E-state index contributed by atoms with van der Waals surface area (Å²) in [6, 6.07) is 17.3. The number of benzene rings is 2. The Bertz CT molecular complexity index is 829. The van der Waals surface area contributed by atoms with Gasteiger partial charge in [-0.1, -0.05) is 18.2 Å². The molecule has 0 spiro atoms. The largest absolute Gasteiger partial charge is 0.494 e. The summed E-state index contributed by atoms with van der Waals surface area (Å²) in [6.07, 6.45) is 1.77. The van der Waals surface area contributed by atoms with Crippen molar-refractivity contribution >= 4 is 34.3 Å². The Morgan fingerprint density at radius 3 is 2.71 bits per heavy atom. The van der Waals surface area contributed by atoms with Gasteiger partial charge < -0.3 is 10.1 Å². The van der Waals surface area contributed by atoms with Gasteiger partial charge in [0.2, 0.25) is 5.91 Å². The summed E-state index contributed by atoms with van der Waals surface area (Å²) in [5.74, 6) is 1.09. The summed E-state index contributed by atoms with van der Waals surface area (Å²) in [6.45, 7) is 2.57. The van der Waals surface area contributed by atoms with Gasteiger partial charge in [0, 0.05) is 22.2 Å². The number of aromatic nitrogens is 1. The topological polar surface area (TPSA) is 51.2 Å². The molecule has 1 amide bonds. The van der Waals surface area contributed by atoms with Gasteiger partial charge in [-0.05, 0) is 43.3 Å². The first kappa shape index (κ1) is 16.3. The summed E-state index contributed by atoms with van der Waals surface area (Å²) in [5.41, 5.74) is 1.69. The number of rotatable bonds is 6. The number of fused-ring (bicyclic) bond motifs is 1. The molecule has 0 atom stereocenters. The van der Waals surface area contributed by atoms with Crippen LogP contribution >= 0.6 is 11.8 Å². The van der Waals surface area contributed by atoms with Crippen LogP contribution in [-0.2, 0) is 4.79 Å². The number of nitrogens with one attached hydrogen (secondary N) is 1. The fourth-order valence-electron chi connectivity index (χ4n) is 2.33. The molecule has 122 valence electrons. The van der Waals surface area contributed by atoms with Gasteiger partial charge in [0.05, 0.1) is 17.9 Å². The maximum atomic E-state index is 12.1. The summed E-state index contributed by atoms with van der Waals surface area (Å²) in [7, 11) is 0. The van der Waals surface area contributed by atoms with E-state index in [1.807, 2.05) is 61.5 Å². The SMILES string of the molecule is CCOc1ccc(NC(=O)CSc2cccc3cccnc23)cc1. The van der Waals surface area contributed by atoms with E-state index in [2.05, 4.69) is 10.3 Å². The van der Waals surface area contributed by atoms with Crippen LogP contribution in [0.3, 0.4) is 0 Å². The van der Waals surface area contributed by atoms with Crippen LogP contribution < -0.4 is 10.1 Å². The van der Waals surface area contributed by atoms with Crippen molar-refractivity contribution < 1.29 is 9.53 Å². The van der Waals surface area contributed by atoms with E-state index < -0.39 is 0 Å². The minimum atomic E-state index is -0.0444. The van der Waals surface area contributed by atoms with Gasteiger partial charge in [-0.3, -0.25) is 9.78 Å². The molecule has 24 heavy (non-hydrogen) atoms. The van der Waals surface area contributed by atoms with E-state index in [1.54, 1.807) is 6.20 Å². The maximum absolute atomic E-state index is 12.1. The second-order valence-electron chi connectivity index (χ2n) is 5.13. The second-order valence-corrected chi connectivity index (χ2v) is 6.14. The first-order chi connectivity index (χ1) is 11.8. The molecule has 0 aliphatic heterocycles. The third kappa shape index (κ3) is 4.06. The summed E-state index contributed by atoms with van der Waals surface area (Å²) < 4.78 is 5.39. The lowest BCUT2D eigenvalue weighted by Gasteiger charge is -2.08. The number of hydrogen-bond acceptors (Lipinski definition) is 4. The molecule has 0 aliphatic carbocycles. The Morgan fingerprint density at radius 2 is 1.92 bits per heavy atom. The molecule has 1 aromatic heterocycles. The van der Waals surface area contributed by atoms with Crippen molar-refractivity contribution in [3.63, 3.8) is 0 Å². The number of carbonyl (C=O) groups is 1. The van der Waals surface area contributed by atoms with Crippen molar-refractivity contribution in [3.8, 4) is 5.75 Å². The first-order valence-electron chi connectivity index (χ1n) is 7.75. The van der Waals surface area contributed by atoms with Gasteiger partial charge in [-0.15, -0.1) is 11.8 Å². The minimum absolute atomic E-state index is 0.0444. The van der Waals surface area contributed by atoms with E-state index in [0.29, 0.717) is 12.4 Å². The van der Waals surface area contributed by atoms with E-state index in [9.17, 15) is 4.79 Å². The molecule has 3 rings (SSSR count). The summed E-state index contributed by atoms with van der Waals surface area (Å²) in [4.78, 5) is 17.6. The minimum Gasteiger partial charge on any atom is -0.494 e. The lowest BCUT2D eigenvalue weighted by molar-refractivity contribution is -0.113. The molecule has 2 aromatic carbocycles. The number of ether oxygens (including phenoxy) is 1. The van der Waals surface area contributed by atoms with Gasteiger partial charge in [0.1, 0.15) is 5.75 Å². The first-order valence-corrected chi connectivity index (χ1v) is 8.74. The predicted octanol–water partition coefficient (Wildman–Crippen LogP) is 4.36. The number of thioether (sulfide) groups is 1. The monoisotopic (exact) mass is 338 g/mol. The smallest absolute Gasteiger partial charge is 0.234 e. The average Bonchev–Trinajstić information content (AvgIpc) is 2.62. The molecule has 1 N–H and O–H groups in total. The predicted molar refractivity (Wildman–Crippen MR) is 98.7 cm³/mol. The summed E-state index contributed by atoms with van der Waals surface area (Å²) >= 11 is 1.49. The number of para-hydroxylation sites is 1. The molecule has 0 unspecified atom stereocenters. The molecule has 0 radical (unpaired) electrons. The van der Waals surface area contributed by atoms with Crippen molar-refractivity contribution in [2.45, 2.75) is 11.8 Å². The van der Waals surface area contributed by atoms with Gasteiger partial charge in [-0.25, -0.2) is 0 Å². The van der Waals surface area contributed by atoms with Crippen molar-refractivity contribution in [2.24, 2.45) is 0 Å². The van der Waals surface area contributed by atoms with Crippen molar-refractivity contribution in [1.82, 2.24) is 4.98 Å². The molecular formula is C19H18N2O2S. The molecule has 0 saturated heterocycles. The van der Waals surface area contributed by atoms with Crippen molar-refractivity contribution in [2.75, 3.05) is 17.7 Å². The zero-order valence-corrected chi connectivity index (χ0v) is 14.2. The highest BCUT2D eigenvalue weighted by molar-refractivity contribution is 8.00. The number of hydrogen-bond donors (Lipinski definition) is 1. The van der Waals surface area contributed by atoms with Gasteiger partial charge in [0.15, 0.2) is 0 Å². The highest BCUT2D eigenvalue weighted by atomic mass is 32.2. The van der Waals surface area contributed by atoms with Crippen LogP contribution in [0.4, 0.5) is 5.69 Å². The lowest BCUT2D eigenvalue weighted by Crippen LogP contribution is -2.13. The average molecular weight is 338 g/mol. The number of nitrogens with zero attached hydrogens (tertiary/aromatic N) is 1. The van der Waals surface area contributed by atoms with E-state index in [1.165, 1.54) is 11.8 Å². The molecule has 3 aromatic rings. The molecule has 1 heterocycles. The van der Waals surface area contributed by atoms with E-state index >= 15 is 0 Å². The summed E-state index contributed by atoms with van der Waals surface area (Å²) in [5, 5.41) is 3.97. The van der Waals surface area contributed by atoms with Crippen LogP contribution in [0.1, 0.15) is 6.92 Å². The standard InChI is InChI=1S/C19H18N2O2S/c1-2-23-16-10-8-15(9-11-16)21-18(22)13-24-17-7-3-5-14-6-4-12-20-19(14)17/h3-12H,2,13H2,1H3,(H,21,22). The highest BCUT2D eigenvalue weighted by Crippen LogP contribution is 2.26. The number of pyridine rings is 1. The van der Waals surface area contributed by atoms with E-state index in [0.717, 1.165) is 27.2 Å². The van der Waals surface area contributed by atoms with E-state index in [4.69, 9.17) is 4.74 Å². The van der Waals surface area contributed by atoms with Crippen molar-refractivity contribution in [3.05, 3.63) is 60.8 Å². The third-order valence-electron chi connectivity index (χ3n) is 3.40. The van der Waals surface area contributed by atoms with Crippen LogP contribution in [0.15, 0.2) is 65.7 Å². The zero-order chi connectivity index (χ0) is 16.8. The quantitative estimate of drug-likeness (QED) is 0.678. The Balaban J connectivity index is 1.60. The Kier molecular flexibility index (Phi) is 5.33. The zero-order valence-electron chi connectivity index (χ0n) is 13.4. The Morgan fingerprint density at radius 1 is 1.12 bits per heavy atom. The number of carbonyl (C=O) groups excluding carboxylic acids is 1. The van der Waals surface area contributed by atoms with Gasteiger partial charge in [0.25, 0.3) is 0 Å². The van der Waals surface area contributed by atoms with Crippen LogP contribution in [0.25, 0.3) is 10.9 Å². The molecule has 0 bridgehead atoms. The Labute approximate surface area is 145 Å². The molecule has 4 nitrogen and oxygen atoms in total. The van der Waals surface area contributed by atoms with Crippen molar-refractivity contribution in [1.29, 1.82) is 0 Å². The van der Waals surface area contributed by atoms with E-state index in [-0.39, 0.29) is 5.91 Å². The lowest BCUT2D eigenvalue weighted by atomic mass is 10.2. The third-order valence-corrected chi connectivity index (χ3v) is 4.45. The van der Waals surface area contributed by atoms with Crippen LogP contribution in [0, 0.1) is 0 Å². The Hall–Kier alpha value is -2.53. The molecule has 5 heteroatoms. The normalized spacial score (nSPS) is 10.5. The molecule has 0 aliphatic rings. The molecular weight excluding hydrogens is 320 g/mol. The number of anilines is 1. The second kappa shape index (κ2) is 7.84. The van der Waals surface area contributed by atoms with Gasteiger partial charge >= 0.3 is 0 Å². The van der Waals surface area contributed by atoms with Crippen LogP contribution in [0.5, 0.6) is 5.75 Å². The highest BCUT2D eigenvalue weighted by Gasteiger charge is 2.07. The number of amides is 1. The van der Waals surface area contributed by atoms with Gasteiger partial charge in [-0.2, -0.15) is 0 Å². The fraction of sp³-hybridized carbons (Fsp3) is 0.158. The maximum Gasteiger partial charge on any atom is 0.234 e. The van der Waals surface area contributed by atoms with Crippen LogP contribution in [0.2, 0.25) is 0 Å². The molecule has 0 fully saturated rings. The fourth-order valence-corrected chi connectivity index (χ4v) is 3.18. The molecule has 0 saturated carbocycles. The van der Waals surface area contributed by atoms with Crippen LogP contribution in [-0.4, -0.2) is 23.3 Å².